The molecule has 126 valence electrons. The Morgan fingerprint density at radius 1 is 1.08 bits per heavy atom. The van der Waals surface area contributed by atoms with Gasteiger partial charge in [0.1, 0.15) is 0 Å². The highest BCUT2D eigenvalue weighted by atomic mass is 32.2. The summed E-state index contributed by atoms with van der Waals surface area (Å²) in [6.07, 6.45) is 3.44. The van der Waals surface area contributed by atoms with E-state index in [0.717, 1.165) is 22.6 Å². The van der Waals surface area contributed by atoms with Crippen molar-refractivity contribution in [3.05, 3.63) is 59.7 Å². The summed E-state index contributed by atoms with van der Waals surface area (Å²) in [4.78, 5) is 14.6. The first-order chi connectivity index (χ1) is 12.2. The summed E-state index contributed by atoms with van der Waals surface area (Å²) in [6.45, 7) is 0. The molecule has 2 heterocycles. The summed E-state index contributed by atoms with van der Waals surface area (Å²) >= 11 is 1.62. The minimum absolute atomic E-state index is 0.00859. The third-order valence-corrected chi connectivity index (χ3v) is 5.97. The second-order valence-electron chi connectivity index (χ2n) is 6.63. The molecule has 3 unspecified atom stereocenters. The van der Waals surface area contributed by atoms with Crippen LogP contribution >= 0.6 is 11.8 Å². The van der Waals surface area contributed by atoms with Crippen LogP contribution in [0, 0.1) is 11.3 Å². The lowest BCUT2D eigenvalue weighted by Crippen LogP contribution is -2.42. The molecule has 2 fully saturated rings. The van der Waals surface area contributed by atoms with Gasteiger partial charge in [-0.15, -0.1) is 0 Å². The van der Waals surface area contributed by atoms with Crippen LogP contribution in [0.3, 0.4) is 0 Å². The molecule has 2 aromatic rings. The van der Waals surface area contributed by atoms with E-state index in [1.54, 1.807) is 11.8 Å². The van der Waals surface area contributed by atoms with E-state index in [1.807, 2.05) is 48.5 Å². The van der Waals surface area contributed by atoms with Crippen molar-refractivity contribution in [3.63, 3.8) is 0 Å². The van der Waals surface area contributed by atoms with Crippen molar-refractivity contribution in [1.29, 1.82) is 5.26 Å². The number of nitriles is 1. The van der Waals surface area contributed by atoms with Gasteiger partial charge in [-0.3, -0.25) is 4.79 Å². The van der Waals surface area contributed by atoms with Crippen molar-refractivity contribution in [3.8, 4) is 6.07 Å². The van der Waals surface area contributed by atoms with E-state index < -0.39 is 0 Å². The Labute approximate surface area is 151 Å². The van der Waals surface area contributed by atoms with Gasteiger partial charge in [-0.25, -0.2) is 0 Å². The molecule has 2 saturated heterocycles. The summed E-state index contributed by atoms with van der Waals surface area (Å²) in [7, 11) is 0. The molecule has 5 heteroatoms. The number of hydrogen-bond donors (Lipinski definition) is 2. The third-order valence-electron chi connectivity index (χ3n) is 4.95. The maximum Gasteiger partial charge on any atom is 0.251 e. The summed E-state index contributed by atoms with van der Waals surface area (Å²) < 4.78 is 0. The van der Waals surface area contributed by atoms with Crippen molar-refractivity contribution in [1.82, 2.24) is 10.6 Å². The predicted octanol–water partition coefficient (Wildman–Crippen LogP) is 3.33. The number of carbonyl (C=O) groups excluding carboxylic acids is 1. The number of rotatable bonds is 4. The smallest absolute Gasteiger partial charge is 0.251 e. The zero-order chi connectivity index (χ0) is 17.2. The van der Waals surface area contributed by atoms with Gasteiger partial charge in [0.15, 0.2) is 0 Å². The average Bonchev–Trinajstić information content (AvgIpc) is 3.26. The van der Waals surface area contributed by atoms with E-state index >= 15 is 0 Å². The normalized spacial score (nSPS) is 24.0. The highest BCUT2D eigenvalue weighted by Gasteiger charge is 2.39. The molecule has 0 aliphatic carbocycles. The Balaban J connectivity index is 1.37. The molecule has 2 bridgehead atoms. The van der Waals surface area contributed by atoms with Crippen LogP contribution in [0.4, 0.5) is 0 Å². The quantitative estimate of drug-likeness (QED) is 0.889. The van der Waals surface area contributed by atoms with Crippen LogP contribution in [0.25, 0.3) is 0 Å². The summed E-state index contributed by atoms with van der Waals surface area (Å²) in [5.74, 6) is 0.00859. The van der Waals surface area contributed by atoms with Crippen molar-refractivity contribution >= 4 is 17.7 Å². The second-order valence-corrected chi connectivity index (χ2v) is 7.77. The summed E-state index contributed by atoms with van der Waals surface area (Å²) in [5, 5.41) is 15.5. The molecule has 2 aliphatic heterocycles. The Morgan fingerprint density at radius 3 is 2.32 bits per heavy atom. The molecule has 0 aromatic heterocycles. The largest absolute Gasteiger partial charge is 0.348 e. The molecule has 0 spiro atoms. The number of nitrogens with one attached hydrogen (secondary N) is 2. The first-order valence-corrected chi connectivity index (χ1v) is 9.38. The maximum atomic E-state index is 12.4. The number of nitrogens with zero attached hydrogens (tertiary/aromatic N) is 1. The van der Waals surface area contributed by atoms with Gasteiger partial charge < -0.3 is 10.6 Å². The van der Waals surface area contributed by atoms with Crippen LogP contribution in [0.15, 0.2) is 58.3 Å². The van der Waals surface area contributed by atoms with Gasteiger partial charge >= 0.3 is 0 Å². The molecule has 4 nitrogen and oxygen atoms in total. The summed E-state index contributed by atoms with van der Waals surface area (Å²) in [6, 6.07) is 18.6. The topological polar surface area (TPSA) is 64.9 Å². The van der Waals surface area contributed by atoms with E-state index in [-0.39, 0.29) is 11.9 Å². The van der Waals surface area contributed by atoms with Gasteiger partial charge in [0.25, 0.3) is 5.91 Å². The first kappa shape index (κ1) is 16.2. The number of carbonyl (C=O) groups is 1. The lowest BCUT2D eigenvalue weighted by atomic mass is 9.95. The predicted molar refractivity (Wildman–Crippen MR) is 97.5 cm³/mol. The standard InChI is InChI=1S/C20H19N3OS/c21-12-13-1-6-16(7-2-13)25-17-8-3-14(4-9-17)20(24)23-19-11-15-5-10-18(19)22-15/h1-4,6-9,15,18-19,22H,5,10-11H2,(H,23,24). The molecular formula is C20H19N3OS. The zero-order valence-corrected chi connectivity index (χ0v) is 14.6. The molecule has 2 aliphatic rings. The maximum absolute atomic E-state index is 12.4. The average molecular weight is 349 g/mol. The van der Waals surface area contributed by atoms with Gasteiger partial charge in [0.05, 0.1) is 11.6 Å². The van der Waals surface area contributed by atoms with E-state index in [2.05, 4.69) is 16.7 Å². The molecule has 2 aromatic carbocycles. The van der Waals surface area contributed by atoms with Crippen molar-refractivity contribution in [2.75, 3.05) is 0 Å². The fourth-order valence-corrected chi connectivity index (χ4v) is 4.46. The minimum Gasteiger partial charge on any atom is -0.348 e. The van der Waals surface area contributed by atoms with Gasteiger partial charge in [-0.2, -0.15) is 5.26 Å². The third kappa shape index (κ3) is 3.55. The monoisotopic (exact) mass is 349 g/mol. The molecule has 25 heavy (non-hydrogen) atoms. The Bertz CT molecular complexity index is 810. The molecular weight excluding hydrogens is 330 g/mol. The molecule has 0 saturated carbocycles. The zero-order valence-electron chi connectivity index (χ0n) is 13.7. The van der Waals surface area contributed by atoms with Crippen LogP contribution in [-0.4, -0.2) is 24.0 Å². The molecule has 0 radical (unpaired) electrons. The number of fused-ring (bicyclic) bond motifs is 2. The van der Waals surface area contributed by atoms with Gasteiger partial charge in [-0.05, 0) is 67.8 Å². The van der Waals surface area contributed by atoms with Crippen LogP contribution < -0.4 is 10.6 Å². The first-order valence-electron chi connectivity index (χ1n) is 8.56. The molecule has 3 atom stereocenters. The van der Waals surface area contributed by atoms with Gasteiger partial charge in [-0.1, -0.05) is 11.8 Å². The second kappa shape index (κ2) is 6.91. The van der Waals surface area contributed by atoms with Crippen molar-refractivity contribution in [2.45, 2.75) is 47.2 Å². The van der Waals surface area contributed by atoms with E-state index in [0.29, 0.717) is 23.2 Å². The Kier molecular flexibility index (Phi) is 4.48. The fourth-order valence-electron chi connectivity index (χ4n) is 3.64. The van der Waals surface area contributed by atoms with Crippen LogP contribution in [-0.2, 0) is 0 Å². The van der Waals surface area contributed by atoms with Crippen molar-refractivity contribution < 1.29 is 4.79 Å². The molecule has 4 rings (SSSR count). The highest BCUT2D eigenvalue weighted by Crippen LogP contribution is 2.29. The van der Waals surface area contributed by atoms with Crippen LogP contribution in [0.5, 0.6) is 0 Å². The number of amides is 1. The Morgan fingerprint density at radius 2 is 1.76 bits per heavy atom. The van der Waals surface area contributed by atoms with E-state index in [9.17, 15) is 4.79 Å². The molecule has 2 N–H and O–H groups in total. The van der Waals surface area contributed by atoms with E-state index in [1.165, 1.54) is 6.42 Å². The molecule has 1 amide bonds. The highest BCUT2D eigenvalue weighted by molar-refractivity contribution is 7.99. The number of hydrogen-bond acceptors (Lipinski definition) is 4. The minimum atomic E-state index is 0.00859. The van der Waals surface area contributed by atoms with Gasteiger partial charge in [0.2, 0.25) is 0 Å². The SMILES string of the molecule is N#Cc1ccc(Sc2ccc(C(=O)NC3CC4CCC3N4)cc2)cc1. The van der Waals surface area contributed by atoms with Gasteiger partial charge in [0, 0.05) is 33.5 Å². The lowest BCUT2D eigenvalue weighted by molar-refractivity contribution is 0.0931. The Hall–Kier alpha value is -2.29. The lowest BCUT2D eigenvalue weighted by Gasteiger charge is -2.21. The van der Waals surface area contributed by atoms with Crippen LogP contribution in [0.1, 0.15) is 35.2 Å². The van der Waals surface area contributed by atoms with Crippen LogP contribution in [0.2, 0.25) is 0 Å². The number of benzene rings is 2. The van der Waals surface area contributed by atoms with Crippen molar-refractivity contribution in [2.24, 2.45) is 0 Å². The van der Waals surface area contributed by atoms with E-state index in [4.69, 9.17) is 5.26 Å². The summed E-state index contributed by atoms with van der Waals surface area (Å²) in [5.41, 5.74) is 1.36. The fraction of sp³-hybridized carbons (Fsp3) is 0.300.